The fourth-order valence-electron chi connectivity index (χ4n) is 0.713. The molecular weight excluding hydrogens is 357 g/mol. The van der Waals surface area contributed by atoms with Crippen LogP contribution in [0.5, 0.6) is 0 Å². The molecule has 7 nitrogen and oxygen atoms in total. The van der Waals surface area contributed by atoms with Gasteiger partial charge < -0.3 is 5.11 Å². The number of hydrogen-bond acceptors (Lipinski definition) is 5. The predicted octanol–water partition coefficient (Wildman–Crippen LogP) is -1.58. The predicted molar refractivity (Wildman–Crippen MR) is 56.9 cm³/mol. The van der Waals surface area contributed by atoms with Crippen molar-refractivity contribution in [2.24, 2.45) is 0 Å². The Labute approximate surface area is 114 Å². The van der Waals surface area contributed by atoms with E-state index in [4.69, 9.17) is 13.0 Å². The van der Waals surface area contributed by atoms with Gasteiger partial charge in [0.25, 0.3) is 11.7 Å². The van der Waals surface area contributed by atoms with Gasteiger partial charge in [0.05, 0.1) is 4.92 Å². The van der Waals surface area contributed by atoms with Crippen molar-refractivity contribution < 1.29 is 44.3 Å². The fraction of sp³-hybridized carbons (Fsp3) is 0.200. The summed E-state index contributed by atoms with van der Waals surface area (Å²) < 4.78 is 5.67. The van der Waals surface area contributed by atoms with Crippen molar-refractivity contribution in [3.63, 3.8) is 0 Å². The van der Waals surface area contributed by atoms with Gasteiger partial charge in [-0.25, -0.2) is 7.86 Å². The van der Waals surface area contributed by atoms with Crippen molar-refractivity contribution in [3.8, 4) is 0 Å². The summed E-state index contributed by atoms with van der Waals surface area (Å²) in [5, 5.41) is 17.7. The van der Waals surface area contributed by atoms with Crippen LogP contribution in [0.4, 0.5) is 5.69 Å². The third-order valence-corrected chi connectivity index (χ3v) is 3.34. The van der Waals surface area contributed by atoms with E-state index in [2.05, 4.69) is 0 Å². The fourth-order valence-corrected chi connectivity index (χ4v) is 1.93. The lowest BCUT2D eigenvalue weighted by atomic mass is 10.3. The average Bonchev–Trinajstić information content (AvgIpc) is 2.26. The van der Waals surface area contributed by atoms with Gasteiger partial charge in [-0.15, -0.1) is 0 Å². The van der Waals surface area contributed by atoms with Gasteiger partial charge in [0.15, 0.2) is 0 Å². The summed E-state index contributed by atoms with van der Waals surface area (Å²) in [7, 11) is 0. The number of carbonyl (C=O) groups is 2. The number of nitro groups is 1. The summed E-state index contributed by atoms with van der Waals surface area (Å²) >= 11 is -0.818. The molecule has 98 valence electrons. The summed E-state index contributed by atoms with van der Waals surface area (Å²) in [5.74, 6) is -1.16. The van der Waals surface area contributed by atoms with E-state index < -0.39 is 32.5 Å². The minimum absolute atomic E-state index is 0.0422. The van der Waals surface area contributed by atoms with Crippen molar-refractivity contribution in [2.75, 3.05) is 0 Å². The molecule has 1 aromatic carbocycles. The number of nitro benzene ring substituents is 1. The van der Waals surface area contributed by atoms with Crippen LogP contribution in [-0.4, -0.2) is 22.0 Å². The van der Waals surface area contributed by atoms with Crippen LogP contribution in [0.1, 0.15) is 13.8 Å². The standard InChI is InChI=1S/C8H7INO4.C2H4O2/c1-6(11)14-9-7-2-4-8(5-3-7)10(12)13;1-2(3)4/h2-5H,1H3;1H3,(H,3,4)/q+1;. The number of aliphatic carboxylic acids is 1. The highest BCUT2D eigenvalue weighted by atomic mass is 127. The molecule has 0 bridgehead atoms. The summed E-state index contributed by atoms with van der Waals surface area (Å²) in [6.45, 7) is 2.42. The SMILES string of the molecule is CC(=O)O.CC(=O)O[I+]c1ccc([N+](=O)[O-])cc1. The normalized spacial score (nSPS) is 8.78. The van der Waals surface area contributed by atoms with E-state index >= 15 is 0 Å². The first-order valence-electron chi connectivity index (χ1n) is 4.59. The van der Waals surface area contributed by atoms with E-state index in [0.29, 0.717) is 0 Å². The van der Waals surface area contributed by atoms with Gasteiger partial charge in [-0.3, -0.25) is 14.9 Å². The van der Waals surface area contributed by atoms with E-state index in [9.17, 15) is 14.9 Å². The molecule has 0 spiro atoms. The summed E-state index contributed by atoms with van der Waals surface area (Å²) in [6.07, 6.45) is 0. The monoisotopic (exact) mass is 368 g/mol. The number of halogens is 1. The molecular formula is C10H11INO6+. The first kappa shape index (κ1) is 16.3. The van der Waals surface area contributed by atoms with Gasteiger partial charge in [-0.2, -0.15) is 0 Å². The molecule has 0 aliphatic rings. The molecule has 18 heavy (non-hydrogen) atoms. The molecule has 8 heteroatoms. The second kappa shape index (κ2) is 8.39. The van der Waals surface area contributed by atoms with E-state index in [1.165, 1.54) is 19.1 Å². The Kier molecular flexibility index (Phi) is 7.59. The average molecular weight is 368 g/mol. The van der Waals surface area contributed by atoms with Crippen LogP contribution in [-0.2, 0) is 12.7 Å². The molecule has 1 aromatic rings. The molecule has 0 aliphatic heterocycles. The molecule has 0 heterocycles. The number of benzene rings is 1. The number of hydrogen-bond donors (Lipinski definition) is 1. The number of carbonyl (C=O) groups excluding carboxylic acids is 1. The maximum Gasteiger partial charge on any atom is 0.583 e. The Balaban J connectivity index is 0.000000631. The van der Waals surface area contributed by atoms with E-state index in [1.54, 1.807) is 12.1 Å². The minimum Gasteiger partial charge on any atom is -0.481 e. The quantitative estimate of drug-likeness (QED) is 0.392. The Bertz CT molecular complexity index is 426. The third kappa shape index (κ3) is 8.44. The number of carboxylic acids is 1. The topological polar surface area (TPSA) is 107 Å². The van der Waals surface area contributed by atoms with E-state index in [-0.39, 0.29) is 11.7 Å². The highest BCUT2D eigenvalue weighted by molar-refractivity contribution is 5.64. The molecule has 0 aromatic heterocycles. The summed E-state index contributed by atoms with van der Waals surface area (Å²) in [6, 6.07) is 6.01. The van der Waals surface area contributed by atoms with Crippen molar-refractivity contribution >= 4 is 17.6 Å². The van der Waals surface area contributed by atoms with Gasteiger partial charge in [0.1, 0.15) is 0 Å². The molecule has 1 N–H and O–H groups in total. The first-order valence-corrected chi connectivity index (χ1v) is 6.55. The minimum atomic E-state index is -0.833. The second-order valence-corrected chi connectivity index (χ2v) is 5.02. The first-order chi connectivity index (χ1) is 8.32. The maximum absolute atomic E-state index is 10.5. The van der Waals surface area contributed by atoms with Crippen LogP contribution >= 0.6 is 0 Å². The Hall–Kier alpha value is -1.71. The summed E-state index contributed by atoms with van der Waals surface area (Å²) in [5.41, 5.74) is 0.0422. The van der Waals surface area contributed by atoms with Crippen LogP contribution < -0.4 is 21.6 Å². The lowest BCUT2D eigenvalue weighted by molar-refractivity contribution is -0.852. The Morgan fingerprint density at radius 1 is 1.28 bits per heavy atom. The smallest absolute Gasteiger partial charge is 0.481 e. The highest BCUT2D eigenvalue weighted by Gasteiger charge is 2.18. The molecule has 0 aliphatic carbocycles. The van der Waals surface area contributed by atoms with Crippen molar-refractivity contribution in [1.82, 2.24) is 0 Å². The van der Waals surface area contributed by atoms with Crippen LogP contribution in [0.15, 0.2) is 24.3 Å². The third-order valence-electron chi connectivity index (χ3n) is 1.27. The molecule has 0 amide bonds. The maximum atomic E-state index is 10.5. The van der Waals surface area contributed by atoms with Crippen molar-refractivity contribution in [2.45, 2.75) is 13.8 Å². The molecule has 0 saturated heterocycles. The zero-order valence-electron chi connectivity index (χ0n) is 9.62. The second-order valence-electron chi connectivity index (χ2n) is 2.90. The van der Waals surface area contributed by atoms with Crippen molar-refractivity contribution in [1.29, 1.82) is 0 Å². The number of nitrogens with zero attached hydrogens (tertiary/aromatic N) is 1. The van der Waals surface area contributed by atoms with Gasteiger partial charge in [-0.05, 0) is 0 Å². The zero-order chi connectivity index (χ0) is 14.1. The number of carboxylic acid groups (broad SMARTS) is 1. The lowest BCUT2D eigenvalue weighted by Gasteiger charge is -1.87. The lowest BCUT2D eigenvalue weighted by Crippen LogP contribution is -3.62. The Morgan fingerprint density at radius 2 is 1.72 bits per heavy atom. The molecule has 1 rings (SSSR count). The Morgan fingerprint density at radius 3 is 2.06 bits per heavy atom. The van der Waals surface area contributed by atoms with Crippen LogP contribution in [0.25, 0.3) is 0 Å². The van der Waals surface area contributed by atoms with Crippen LogP contribution in [0, 0.1) is 13.7 Å². The largest absolute Gasteiger partial charge is 0.583 e. The van der Waals surface area contributed by atoms with Gasteiger partial charge in [0, 0.05) is 38.1 Å². The molecule has 0 unspecified atom stereocenters. The van der Waals surface area contributed by atoms with Crippen LogP contribution in [0.2, 0.25) is 0 Å². The van der Waals surface area contributed by atoms with E-state index in [1.807, 2.05) is 0 Å². The van der Waals surface area contributed by atoms with Crippen molar-refractivity contribution in [3.05, 3.63) is 37.9 Å². The van der Waals surface area contributed by atoms with Crippen LogP contribution in [0.3, 0.4) is 0 Å². The van der Waals surface area contributed by atoms with Gasteiger partial charge in [-0.1, -0.05) is 0 Å². The molecule has 0 atom stereocenters. The summed E-state index contributed by atoms with van der Waals surface area (Å²) in [4.78, 5) is 29.3. The van der Waals surface area contributed by atoms with Gasteiger partial charge >= 0.3 is 27.6 Å². The van der Waals surface area contributed by atoms with Gasteiger partial charge in [0.2, 0.25) is 3.57 Å². The molecule has 0 fully saturated rings. The zero-order valence-corrected chi connectivity index (χ0v) is 11.8. The number of non-ortho nitro benzene ring substituents is 1. The molecule has 0 saturated carbocycles. The highest BCUT2D eigenvalue weighted by Crippen LogP contribution is 2.07. The molecule has 0 radical (unpaired) electrons. The number of rotatable bonds is 3. The van der Waals surface area contributed by atoms with E-state index in [0.717, 1.165) is 10.5 Å².